The lowest BCUT2D eigenvalue weighted by molar-refractivity contribution is 0.295. The first-order valence-electron chi connectivity index (χ1n) is 6.30. The smallest absolute Gasteiger partial charge is 0.244 e. The number of oxime groups is 1. The molecule has 1 aliphatic rings. The van der Waals surface area contributed by atoms with Gasteiger partial charge in [0.25, 0.3) is 0 Å². The highest BCUT2D eigenvalue weighted by molar-refractivity contribution is 9.10. The van der Waals surface area contributed by atoms with Gasteiger partial charge in [0.15, 0.2) is 0 Å². The Morgan fingerprint density at radius 1 is 1.55 bits per heavy atom. The molecular weight excluding hydrogens is 346 g/mol. The Kier molecular flexibility index (Phi) is 4.77. The molecule has 1 fully saturated rings. The van der Waals surface area contributed by atoms with Crippen molar-refractivity contribution in [2.75, 3.05) is 13.1 Å². The van der Waals surface area contributed by atoms with Crippen molar-refractivity contribution in [2.24, 2.45) is 11.1 Å². The molecule has 1 saturated heterocycles. The quantitative estimate of drug-likeness (QED) is 0.659. The molecule has 0 radical (unpaired) electrons. The van der Waals surface area contributed by atoms with Gasteiger partial charge in [0.1, 0.15) is 4.90 Å². The summed E-state index contributed by atoms with van der Waals surface area (Å²) >= 11 is 3.23. The van der Waals surface area contributed by atoms with Crippen LogP contribution >= 0.6 is 15.9 Å². The van der Waals surface area contributed by atoms with Crippen LogP contribution in [-0.4, -0.2) is 41.7 Å². The van der Waals surface area contributed by atoms with E-state index in [1.807, 2.05) is 6.92 Å². The second-order valence-corrected chi connectivity index (χ2v) is 7.50. The summed E-state index contributed by atoms with van der Waals surface area (Å²) in [6.07, 6.45) is 4.08. The number of halogens is 1. The Labute approximate surface area is 126 Å². The second-order valence-electron chi connectivity index (χ2n) is 4.65. The molecule has 6 nitrogen and oxygen atoms in total. The largest absolute Gasteiger partial charge is 0.411 e. The van der Waals surface area contributed by atoms with Crippen LogP contribution in [0.4, 0.5) is 0 Å². The topological polar surface area (TPSA) is 82.9 Å². The van der Waals surface area contributed by atoms with Crippen LogP contribution in [0.2, 0.25) is 0 Å². The van der Waals surface area contributed by atoms with Crippen molar-refractivity contribution in [3.8, 4) is 0 Å². The standard InChI is InChI=1S/C12H16BrN3O3S/c1-2-9-8-16(4-3-12(9)15-17)20(18,19)11-5-10(13)6-14-7-11/h5-7,9,17H,2-4,8H2,1H3/b15-12+. The summed E-state index contributed by atoms with van der Waals surface area (Å²) in [6.45, 7) is 2.61. The van der Waals surface area contributed by atoms with Gasteiger partial charge in [-0.2, -0.15) is 4.31 Å². The molecule has 0 aliphatic carbocycles. The van der Waals surface area contributed by atoms with Crippen molar-refractivity contribution in [3.05, 3.63) is 22.9 Å². The maximum atomic E-state index is 12.6. The van der Waals surface area contributed by atoms with Gasteiger partial charge in [-0.25, -0.2) is 8.42 Å². The lowest BCUT2D eigenvalue weighted by Gasteiger charge is -2.31. The van der Waals surface area contributed by atoms with E-state index in [1.54, 1.807) is 12.3 Å². The predicted molar refractivity (Wildman–Crippen MR) is 78.3 cm³/mol. The number of sulfonamides is 1. The maximum Gasteiger partial charge on any atom is 0.244 e. The van der Waals surface area contributed by atoms with Crippen molar-refractivity contribution < 1.29 is 13.6 Å². The summed E-state index contributed by atoms with van der Waals surface area (Å²) in [7, 11) is -3.55. The van der Waals surface area contributed by atoms with E-state index >= 15 is 0 Å². The first-order chi connectivity index (χ1) is 9.48. The second kappa shape index (κ2) is 6.19. The van der Waals surface area contributed by atoms with Crippen molar-refractivity contribution in [1.82, 2.24) is 9.29 Å². The third kappa shape index (κ3) is 3.02. The highest BCUT2D eigenvalue weighted by Gasteiger charge is 2.33. The normalized spacial score (nSPS) is 23.1. The fourth-order valence-electron chi connectivity index (χ4n) is 2.28. The summed E-state index contributed by atoms with van der Waals surface area (Å²) in [5.41, 5.74) is 0.673. The fourth-order valence-corrected chi connectivity index (χ4v) is 4.28. The van der Waals surface area contributed by atoms with Crippen LogP contribution < -0.4 is 0 Å². The average molecular weight is 362 g/mol. The number of pyridine rings is 1. The molecule has 0 amide bonds. The minimum atomic E-state index is -3.55. The van der Waals surface area contributed by atoms with E-state index < -0.39 is 10.0 Å². The van der Waals surface area contributed by atoms with E-state index in [9.17, 15) is 8.42 Å². The van der Waals surface area contributed by atoms with E-state index in [2.05, 4.69) is 26.1 Å². The lowest BCUT2D eigenvalue weighted by Crippen LogP contribution is -2.43. The van der Waals surface area contributed by atoms with Crippen molar-refractivity contribution in [1.29, 1.82) is 0 Å². The molecule has 2 heterocycles. The minimum absolute atomic E-state index is 0.0383. The average Bonchev–Trinajstić information content (AvgIpc) is 2.46. The molecule has 8 heteroatoms. The molecule has 1 aromatic rings. The third-order valence-electron chi connectivity index (χ3n) is 3.45. The van der Waals surface area contributed by atoms with Gasteiger partial charge in [0, 0.05) is 42.3 Å². The number of rotatable bonds is 3. The van der Waals surface area contributed by atoms with Crippen molar-refractivity contribution in [3.63, 3.8) is 0 Å². The molecule has 1 unspecified atom stereocenters. The van der Waals surface area contributed by atoms with E-state index in [0.29, 0.717) is 29.7 Å². The Bertz CT molecular complexity index is 618. The fraction of sp³-hybridized carbons (Fsp3) is 0.500. The van der Waals surface area contributed by atoms with Crippen LogP contribution in [0.25, 0.3) is 0 Å². The van der Waals surface area contributed by atoms with Gasteiger partial charge in [-0.15, -0.1) is 0 Å². The highest BCUT2D eigenvalue weighted by atomic mass is 79.9. The first-order valence-corrected chi connectivity index (χ1v) is 8.54. The SMILES string of the molecule is CCC1CN(S(=O)(=O)c2cncc(Br)c2)CC/C1=N\O. The molecule has 2 rings (SSSR count). The summed E-state index contributed by atoms with van der Waals surface area (Å²) in [6, 6.07) is 1.54. The van der Waals surface area contributed by atoms with Gasteiger partial charge in [-0.1, -0.05) is 12.1 Å². The van der Waals surface area contributed by atoms with Gasteiger partial charge >= 0.3 is 0 Å². The lowest BCUT2D eigenvalue weighted by atomic mass is 9.95. The number of aromatic nitrogens is 1. The van der Waals surface area contributed by atoms with Gasteiger partial charge in [0.2, 0.25) is 10.0 Å². The summed E-state index contributed by atoms with van der Waals surface area (Å²) < 4.78 is 27.2. The summed E-state index contributed by atoms with van der Waals surface area (Å²) in [5, 5.41) is 12.2. The molecule has 0 spiro atoms. The van der Waals surface area contributed by atoms with E-state index in [-0.39, 0.29) is 10.8 Å². The molecule has 1 aliphatic heterocycles. The third-order valence-corrected chi connectivity index (χ3v) is 5.72. The zero-order valence-corrected chi connectivity index (χ0v) is 13.4. The van der Waals surface area contributed by atoms with Gasteiger partial charge in [-0.3, -0.25) is 4.98 Å². The van der Waals surface area contributed by atoms with E-state index in [4.69, 9.17) is 5.21 Å². The van der Waals surface area contributed by atoms with Crippen LogP contribution in [0, 0.1) is 5.92 Å². The Morgan fingerprint density at radius 2 is 2.30 bits per heavy atom. The summed E-state index contributed by atoms with van der Waals surface area (Å²) in [5.74, 6) is -0.0383. The van der Waals surface area contributed by atoms with Crippen LogP contribution in [0.15, 0.2) is 33.0 Å². The molecule has 1 N–H and O–H groups in total. The molecule has 1 aromatic heterocycles. The molecule has 0 aromatic carbocycles. The van der Waals surface area contributed by atoms with Crippen LogP contribution in [-0.2, 0) is 10.0 Å². The van der Waals surface area contributed by atoms with Gasteiger partial charge in [-0.05, 0) is 28.4 Å². The Morgan fingerprint density at radius 3 is 2.90 bits per heavy atom. The highest BCUT2D eigenvalue weighted by Crippen LogP contribution is 2.25. The molecule has 0 saturated carbocycles. The van der Waals surface area contributed by atoms with Crippen LogP contribution in [0.5, 0.6) is 0 Å². The van der Waals surface area contributed by atoms with Crippen LogP contribution in [0.3, 0.4) is 0 Å². The Hall–Kier alpha value is -0.990. The van der Waals surface area contributed by atoms with E-state index in [1.165, 1.54) is 10.5 Å². The minimum Gasteiger partial charge on any atom is -0.411 e. The Balaban J connectivity index is 2.27. The zero-order valence-electron chi connectivity index (χ0n) is 11.0. The van der Waals surface area contributed by atoms with Crippen molar-refractivity contribution in [2.45, 2.75) is 24.7 Å². The van der Waals surface area contributed by atoms with Crippen molar-refractivity contribution >= 4 is 31.7 Å². The molecular formula is C12H16BrN3O3S. The van der Waals surface area contributed by atoms with Crippen LogP contribution in [0.1, 0.15) is 19.8 Å². The zero-order chi connectivity index (χ0) is 14.8. The first kappa shape index (κ1) is 15.4. The molecule has 110 valence electrons. The maximum absolute atomic E-state index is 12.6. The van der Waals surface area contributed by atoms with Gasteiger partial charge in [0.05, 0.1) is 5.71 Å². The van der Waals surface area contributed by atoms with Gasteiger partial charge < -0.3 is 5.21 Å². The molecule has 1 atom stereocenters. The number of hydrogen-bond donors (Lipinski definition) is 1. The summed E-state index contributed by atoms with van der Waals surface area (Å²) in [4.78, 5) is 4.07. The number of hydrogen-bond acceptors (Lipinski definition) is 5. The van der Waals surface area contributed by atoms with E-state index in [0.717, 1.165) is 6.42 Å². The monoisotopic (exact) mass is 361 g/mol. The molecule has 0 bridgehead atoms. The molecule has 20 heavy (non-hydrogen) atoms. The number of piperidine rings is 1. The number of nitrogens with zero attached hydrogens (tertiary/aromatic N) is 3. The predicted octanol–water partition coefficient (Wildman–Crippen LogP) is 2.09.